The summed E-state index contributed by atoms with van der Waals surface area (Å²) >= 11 is 1.49. The van der Waals surface area contributed by atoms with Gasteiger partial charge >= 0.3 is 0 Å². The number of halogens is 2. The number of fused-ring (bicyclic) bond motifs is 2. The number of amidine groups is 1. The Kier molecular flexibility index (Phi) is 4.15. The molecule has 1 fully saturated rings. The van der Waals surface area contributed by atoms with E-state index in [-0.39, 0.29) is 16.7 Å². The first kappa shape index (κ1) is 18.8. The lowest BCUT2D eigenvalue weighted by molar-refractivity contribution is 0.393. The second-order valence-corrected chi connectivity index (χ2v) is 8.87. The van der Waals surface area contributed by atoms with Crippen molar-refractivity contribution >= 4 is 39.3 Å². The molecule has 2 aliphatic rings. The lowest BCUT2D eigenvalue weighted by Gasteiger charge is -2.30. The van der Waals surface area contributed by atoms with Crippen molar-refractivity contribution in [2.45, 2.75) is 24.1 Å². The molecule has 2 aromatic heterocycles. The lowest BCUT2D eigenvalue weighted by Crippen LogP contribution is -2.32. The summed E-state index contributed by atoms with van der Waals surface area (Å²) in [6.07, 6.45) is 3.87. The van der Waals surface area contributed by atoms with Gasteiger partial charge in [0.05, 0.1) is 11.1 Å². The molecule has 0 spiro atoms. The Bertz CT molecular complexity index is 1270. The van der Waals surface area contributed by atoms with Crippen molar-refractivity contribution < 1.29 is 8.78 Å². The smallest absolute Gasteiger partial charge is 0.164 e. The number of nitriles is 1. The van der Waals surface area contributed by atoms with Gasteiger partial charge in [0.1, 0.15) is 11.6 Å². The standard InChI is InChI=1S/C21H16F2N6S/c1-21(13-7-16(13)30-20(25)29-21)14-5-12(6-15(22)17(14)23)28-19-18-11(2-3-26-19)4-10(8-24)9-27-18/h2-6,9,13,16H,7H2,1H3,(H2,25,29)(H,26,28)/t13-,16?,21+/m1/s1. The molecule has 3 N–H and O–H groups in total. The molecule has 1 unspecified atom stereocenters. The van der Waals surface area contributed by atoms with Crippen LogP contribution < -0.4 is 11.1 Å². The van der Waals surface area contributed by atoms with Crippen molar-refractivity contribution in [2.24, 2.45) is 16.6 Å². The van der Waals surface area contributed by atoms with Crippen LogP contribution >= 0.6 is 11.8 Å². The molecule has 30 heavy (non-hydrogen) atoms. The minimum absolute atomic E-state index is 0.112. The van der Waals surface area contributed by atoms with Gasteiger partial charge in [-0.2, -0.15) is 5.26 Å². The van der Waals surface area contributed by atoms with Crippen LogP contribution in [0.1, 0.15) is 24.5 Å². The van der Waals surface area contributed by atoms with E-state index in [1.807, 2.05) is 6.07 Å². The predicted octanol–water partition coefficient (Wildman–Crippen LogP) is 4.19. The number of nitrogens with zero attached hydrogens (tertiary/aromatic N) is 4. The molecule has 6 nitrogen and oxygen atoms in total. The highest BCUT2D eigenvalue weighted by atomic mass is 32.2. The monoisotopic (exact) mass is 422 g/mol. The molecule has 0 radical (unpaired) electrons. The van der Waals surface area contributed by atoms with Crippen LogP contribution in [0.5, 0.6) is 0 Å². The van der Waals surface area contributed by atoms with Crippen LogP contribution in [0.2, 0.25) is 0 Å². The second-order valence-electron chi connectivity index (χ2n) is 7.61. The van der Waals surface area contributed by atoms with Gasteiger partial charge < -0.3 is 11.1 Å². The van der Waals surface area contributed by atoms with Crippen LogP contribution in [0.4, 0.5) is 20.3 Å². The minimum atomic E-state index is -0.972. The van der Waals surface area contributed by atoms with Crippen molar-refractivity contribution in [3.8, 4) is 6.07 Å². The third-order valence-corrected chi connectivity index (χ3v) is 6.79. The molecule has 1 saturated carbocycles. The Hall–Kier alpha value is -3.25. The molecule has 150 valence electrons. The first-order valence-corrected chi connectivity index (χ1v) is 10.2. The number of thioether (sulfide) groups is 1. The summed E-state index contributed by atoms with van der Waals surface area (Å²) in [5.41, 5.74) is 6.46. The second kappa shape index (κ2) is 6.64. The van der Waals surface area contributed by atoms with Gasteiger partial charge in [-0.25, -0.2) is 13.8 Å². The highest BCUT2D eigenvalue weighted by Crippen LogP contribution is 2.58. The van der Waals surface area contributed by atoms with Crippen LogP contribution in [0.3, 0.4) is 0 Å². The minimum Gasteiger partial charge on any atom is -0.379 e. The Morgan fingerprint density at radius 3 is 2.93 bits per heavy atom. The van der Waals surface area contributed by atoms with Crippen LogP contribution in [0.25, 0.3) is 10.9 Å². The lowest BCUT2D eigenvalue weighted by atomic mass is 9.86. The fourth-order valence-electron chi connectivity index (χ4n) is 4.03. The number of hydrogen-bond donors (Lipinski definition) is 2. The van der Waals surface area contributed by atoms with E-state index in [4.69, 9.17) is 11.0 Å². The molecule has 1 aromatic carbocycles. The van der Waals surface area contributed by atoms with Crippen molar-refractivity contribution in [1.29, 1.82) is 5.26 Å². The van der Waals surface area contributed by atoms with E-state index in [1.165, 1.54) is 18.0 Å². The summed E-state index contributed by atoms with van der Waals surface area (Å²) in [6, 6.07) is 8.11. The molecule has 1 aliphatic carbocycles. The van der Waals surface area contributed by atoms with Gasteiger partial charge in [-0.15, -0.1) is 0 Å². The van der Waals surface area contributed by atoms with E-state index >= 15 is 0 Å². The maximum Gasteiger partial charge on any atom is 0.164 e. The van der Waals surface area contributed by atoms with Gasteiger partial charge in [0, 0.05) is 46.3 Å². The van der Waals surface area contributed by atoms with Crippen molar-refractivity contribution in [3.63, 3.8) is 0 Å². The molecular weight excluding hydrogens is 406 g/mol. The zero-order valence-electron chi connectivity index (χ0n) is 15.9. The first-order valence-electron chi connectivity index (χ1n) is 9.32. The Balaban J connectivity index is 1.58. The number of aromatic nitrogens is 2. The quantitative estimate of drug-likeness (QED) is 0.657. The number of nitrogens with two attached hydrogens (primary N) is 1. The van der Waals surface area contributed by atoms with Gasteiger partial charge in [0.2, 0.25) is 0 Å². The van der Waals surface area contributed by atoms with E-state index < -0.39 is 17.2 Å². The molecular formula is C21H16F2N6S. The molecule has 3 atom stereocenters. The third-order valence-electron chi connectivity index (χ3n) is 5.63. The van der Waals surface area contributed by atoms with Crippen molar-refractivity contribution in [2.75, 3.05) is 5.32 Å². The van der Waals surface area contributed by atoms with Crippen LogP contribution in [0, 0.1) is 28.9 Å². The zero-order chi connectivity index (χ0) is 21.0. The van der Waals surface area contributed by atoms with Crippen molar-refractivity contribution in [1.82, 2.24) is 9.97 Å². The van der Waals surface area contributed by atoms with E-state index in [1.54, 1.807) is 31.3 Å². The molecule has 3 heterocycles. The number of benzene rings is 1. The van der Waals surface area contributed by atoms with Gasteiger partial charge in [-0.1, -0.05) is 11.8 Å². The number of hydrogen-bond acceptors (Lipinski definition) is 7. The molecule has 0 amide bonds. The molecule has 1 aliphatic heterocycles. The highest BCUT2D eigenvalue weighted by molar-refractivity contribution is 8.14. The van der Waals surface area contributed by atoms with Gasteiger partial charge in [0.15, 0.2) is 22.6 Å². The molecule has 5 rings (SSSR count). The molecule has 3 aromatic rings. The van der Waals surface area contributed by atoms with E-state index in [9.17, 15) is 8.78 Å². The summed E-state index contributed by atoms with van der Waals surface area (Å²) in [5, 5.41) is 13.5. The fraction of sp³-hybridized carbons (Fsp3) is 0.238. The topological polar surface area (TPSA) is 100.0 Å². The van der Waals surface area contributed by atoms with E-state index in [0.717, 1.165) is 12.5 Å². The summed E-state index contributed by atoms with van der Waals surface area (Å²) in [4.78, 5) is 13.1. The maximum absolute atomic E-state index is 14.8. The number of aliphatic imine (C=N–C) groups is 1. The number of pyridine rings is 2. The average Bonchev–Trinajstić information content (AvgIpc) is 3.50. The normalized spacial score (nSPS) is 24.7. The van der Waals surface area contributed by atoms with E-state index in [2.05, 4.69) is 20.3 Å². The number of anilines is 2. The first-order chi connectivity index (χ1) is 14.4. The summed E-state index contributed by atoms with van der Waals surface area (Å²) in [6.45, 7) is 1.80. The fourth-order valence-corrected chi connectivity index (χ4v) is 5.31. The zero-order valence-corrected chi connectivity index (χ0v) is 16.7. The summed E-state index contributed by atoms with van der Waals surface area (Å²) in [7, 11) is 0. The Morgan fingerprint density at radius 2 is 2.13 bits per heavy atom. The predicted molar refractivity (Wildman–Crippen MR) is 112 cm³/mol. The number of rotatable bonds is 3. The van der Waals surface area contributed by atoms with Crippen LogP contribution in [0.15, 0.2) is 41.7 Å². The molecule has 0 saturated heterocycles. The van der Waals surface area contributed by atoms with Crippen LogP contribution in [-0.4, -0.2) is 20.4 Å². The molecule has 0 bridgehead atoms. The Labute approximate surface area is 175 Å². The molecule has 9 heteroatoms. The third kappa shape index (κ3) is 2.95. The Morgan fingerprint density at radius 1 is 1.30 bits per heavy atom. The maximum atomic E-state index is 14.8. The largest absolute Gasteiger partial charge is 0.379 e. The van der Waals surface area contributed by atoms with Crippen LogP contribution in [-0.2, 0) is 5.54 Å². The summed E-state index contributed by atoms with van der Waals surface area (Å²) < 4.78 is 29.4. The van der Waals surface area contributed by atoms with Crippen molar-refractivity contribution in [3.05, 3.63) is 59.4 Å². The highest BCUT2D eigenvalue weighted by Gasteiger charge is 2.56. The van der Waals surface area contributed by atoms with E-state index in [0.29, 0.717) is 33.1 Å². The average molecular weight is 422 g/mol. The summed E-state index contributed by atoms with van der Waals surface area (Å²) in [5.74, 6) is -1.40. The van der Waals surface area contributed by atoms with Gasteiger partial charge in [-0.05, 0) is 31.5 Å². The van der Waals surface area contributed by atoms with Gasteiger partial charge in [0.25, 0.3) is 0 Å². The SMILES string of the molecule is C[C@]1(c2cc(Nc3nccc4cc(C#N)cnc34)cc(F)c2F)N=C(N)SC2C[C@H]21. The van der Waals surface area contributed by atoms with Gasteiger partial charge in [-0.3, -0.25) is 9.98 Å². The number of nitrogens with one attached hydrogen (secondary N) is 1.